The molecule has 0 aliphatic heterocycles. The number of hydrogen-bond donors (Lipinski definition) is 1. The molecule has 1 amide bonds. The van der Waals surface area contributed by atoms with Gasteiger partial charge in [-0.25, -0.2) is 4.98 Å². The molecule has 2 aromatic carbocycles. The molecule has 1 heterocycles. The Morgan fingerprint density at radius 2 is 1.80 bits per heavy atom. The van der Waals surface area contributed by atoms with Crippen molar-refractivity contribution in [3.05, 3.63) is 60.3 Å². The Balaban J connectivity index is 1.88. The molecule has 5 heteroatoms. The number of benzene rings is 2. The summed E-state index contributed by atoms with van der Waals surface area (Å²) in [5.41, 5.74) is 1.69. The SMILES string of the molecule is CCOc1ccc(OCC)c(NC(=O)c2ccc3ccccc3n2)c1. The lowest BCUT2D eigenvalue weighted by Gasteiger charge is -2.13. The number of para-hydroxylation sites is 1. The van der Waals surface area contributed by atoms with E-state index < -0.39 is 0 Å². The third-order valence-electron chi connectivity index (χ3n) is 3.64. The van der Waals surface area contributed by atoms with Crippen LogP contribution in [0.3, 0.4) is 0 Å². The Kier molecular flexibility index (Phi) is 5.14. The molecule has 1 aromatic heterocycles. The molecular weight excluding hydrogens is 316 g/mol. The second kappa shape index (κ2) is 7.66. The third kappa shape index (κ3) is 3.88. The van der Waals surface area contributed by atoms with Crippen LogP contribution in [0.5, 0.6) is 11.5 Å². The lowest BCUT2D eigenvalue weighted by molar-refractivity contribution is 0.102. The van der Waals surface area contributed by atoms with Crippen LogP contribution >= 0.6 is 0 Å². The Morgan fingerprint density at radius 3 is 2.60 bits per heavy atom. The van der Waals surface area contributed by atoms with E-state index >= 15 is 0 Å². The van der Waals surface area contributed by atoms with Crippen LogP contribution in [0.25, 0.3) is 10.9 Å². The Hall–Kier alpha value is -3.08. The first-order valence-corrected chi connectivity index (χ1v) is 8.28. The molecule has 3 rings (SSSR count). The Bertz CT molecular complexity index is 893. The molecule has 0 spiro atoms. The summed E-state index contributed by atoms with van der Waals surface area (Å²) in [7, 11) is 0. The molecule has 5 nitrogen and oxygen atoms in total. The van der Waals surface area contributed by atoms with Crippen LogP contribution in [-0.4, -0.2) is 24.1 Å². The fourth-order valence-corrected chi connectivity index (χ4v) is 2.52. The Morgan fingerprint density at radius 1 is 1.00 bits per heavy atom. The van der Waals surface area contributed by atoms with Gasteiger partial charge in [-0.1, -0.05) is 24.3 Å². The molecule has 1 N–H and O–H groups in total. The van der Waals surface area contributed by atoms with Crippen LogP contribution in [0.2, 0.25) is 0 Å². The first-order chi connectivity index (χ1) is 12.2. The van der Waals surface area contributed by atoms with Crippen molar-refractivity contribution in [1.29, 1.82) is 0 Å². The molecule has 0 atom stereocenters. The van der Waals surface area contributed by atoms with Crippen molar-refractivity contribution < 1.29 is 14.3 Å². The lowest BCUT2D eigenvalue weighted by Crippen LogP contribution is -2.14. The maximum Gasteiger partial charge on any atom is 0.274 e. The fourth-order valence-electron chi connectivity index (χ4n) is 2.52. The fraction of sp³-hybridized carbons (Fsp3) is 0.200. The van der Waals surface area contributed by atoms with E-state index in [0.717, 1.165) is 10.9 Å². The van der Waals surface area contributed by atoms with Crippen molar-refractivity contribution in [2.75, 3.05) is 18.5 Å². The molecule has 0 fully saturated rings. The smallest absolute Gasteiger partial charge is 0.274 e. The van der Waals surface area contributed by atoms with Crippen LogP contribution in [0.1, 0.15) is 24.3 Å². The summed E-state index contributed by atoms with van der Waals surface area (Å²) < 4.78 is 11.1. The number of carbonyl (C=O) groups excluding carboxylic acids is 1. The normalized spacial score (nSPS) is 10.5. The zero-order valence-electron chi connectivity index (χ0n) is 14.3. The Labute approximate surface area is 146 Å². The molecule has 0 aliphatic rings. The second-order valence-electron chi connectivity index (χ2n) is 5.37. The zero-order chi connectivity index (χ0) is 17.6. The predicted molar refractivity (Wildman–Crippen MR) is 98.5 cm³/mol. The molecule has 0 radical (unpaired) electrons. The van der Waals surface area contributed by atoms with Crippen molar-refractivity contribution in [3.63, 3.8) is 0 Å². The largest absolute Gasteiger partial charge is 0.494 e. The molecule has 0 unspecified atom stereocenters. The van der Waals surface area contributed by atoms with Gasteiger partial charge < -0.3 is 14.8 Å². The van der Waals surface area contributed by atoms with Crippen molar-refractivity contribution >= 4 is 22.5 Å². The van der Waals surface area contributed by atoms with E-state index in [1.165, 1.54) is 0 Å². The van der Waals surface area contributed by atoms with Gasteiger partial charge in [0.15, 0.2) is 0 Å². The average molecular weight is 336 g/mol. The van der Waals surface area contributed by atoms with Crippen LogP contribution < -0.4 is 14.8 Å². The molecule has 0 saturated carbocycles. The standard InChI is InChI=1S/C20H20N2O3/c1-3-24-15-10-12-19(25-4-2)18(13-15)22-20(23)17-11-9-14-7-5-6-8-16(14)21-17/h5-13H,3-4H2,1-2H3,(H,22,23). The van der Waals surface area contributed by atoms with E-state index in [4.69, 9.17) is 9.47 Å². The highest BCUT2D eigenvalue weighted by Gasteiger charge is 2.13. The number of pyridine rings is 1. The van der Waals surface area contributed by atoms with Crippen molar-refractivity contribution in [2.24, 2.45) is 0 Å². The maximum atomic E-state index is 12.6. The molecule has 3 aromatic rings. The second-order valence-corrected chi connectivity index (χ2v) is 5.37. The predicted octanol–water partition coefficient (Wildman–Crippen LogP) is 4.28. The van der Waals surface area contributed by atoms with E-state index in [-0.39, 0.29) is 5.91 Å². The number of anilines is 1. The van der Waals surface area contributed by atoms with Crippen LogP contribution in [0.15, 0.2) is 54.6 Å². The van der Waals surface area contributed by atoms with Gasteiger partial charge in [0.1, 0.15) is 17.2 Å². The monoisotopic (exact) mass is 336 g/mol. The van der Waals surface area contributed by atoms with Crippen LogP contribution in [-0.2, 0) is 0 Å². The molecule has 25 heavy (non-hydrogen) atoms. The molecule has 0 aliphatic carbocycles. The van der Waals surface area contributed by atoms with Crippen LogP contribution in [0, 0.1) is 0 Å². The number of rotatable bonds is 6. The van der Waals surface area contributed by atoms with E-state index in [1.54, 1.807) is 18.2 Å². The van der Waals surface area contributed by atoms with Crippen LogP contribution in [0.4, 0.5) is 5.69 Å². The van der Waals surface area contributed by atoms with E-state index in [2.05, 4.69) is 10.3 Å². The summed E-state index contributed by atoms with van der Waals surface area (Å²) >= 11 is 0. The minimum absolute atomic E-state index is 0.291. The highest BCUT2D eigenvalue weighted by atomic mass is 16.5. The molecule has 128 valence electrons. The van der Waals surface area contributed by atoms with Gasteiger partial charge in [-0.2, -0.15) is 0 Å². The number of ether oxygens (including phenoxy) is 2. The number of amides is 1. The number of hydrogen-bond acceptors (Lipinski definition) is 4. The number of nitrogens with one attached hydrogen (secondary N) is 1. The summed E-state index contributed by atoms with van der Waals surface area (Å²) in [6.45, 7) is 4.86. The highest BCUT2D eigenvalue weighted by Crippen LogP contribution is 2.30. The molecule has 0 bridgehead atoms. The first-order valence-electron chi connectivity index (χ1n) is 8.28. The summed E-state index contributed by atoms with van der Waals surface area (Å²) in [6, 6.07) is 16.6. The van der Waals surface area contributed by atoms with Gasteiger partial charge in [-0.05, 0) is 38.1 Å². The van der Waals surface area contributed by atoms with Gasteiger partial charge in [0.2, 0.25) is 0 Å². The summed E-state index contributed by atoms with van der Waals surface area (Å²) in [6.07, 6.45) is 0. The van der Waals surface area contributed by atoms with Gasteiger partial charge in [0.25, 0.3) is 5.91 Å². The number of carbonyl (C=O) groups is 1. The number of fused-ring (bicyclic) bond motifs is 1. The lowest BCUT2D eigenvalue weighted by atomic mass is 10.2. The van der Waals surface area contributed by atoms with Gasteiger partial charge in [0, 0.05) is 11.5 Å². The average Bonchev–Trinajstić information content (AvgIpc) is 2.64. The summed E-state index contributed by atoms with van der Waals surface area (Å²) in [4.78, 5) is 17.0. The van der Waals surface area contributed by atoms with Crippen molar-refractivity contribution in [3.8, 4) is 11.5 Å². The van der Waals surface area contributed by atoms with E-state index in [0.29, 0.717) is 36.1 Å². The summed E-state index contributed by atoms with van der Waals surface area (Å²) in [5, 5.41) is 3.86. The molecular formula is C20H20N2O3. The van der Waals surface area contributed by atoms with Gasteiger partial charge in [-0.3, -0.25) is 4.79 Å². The molecule has 0 saturated heterocycles. The first kappa shape index (κ1) is 16.8. The quantitative estimate of drug-likeness (QED) is 0.730. The minimum atomic E-state index is -0.291. The van der Waals surface area contributed by atoms with Gasteiger partial charge >= 0.3 is 0 Å². The third-order valence-corrected chi connectivity index (χ3v) is 3.64. The maximum absolute atomic E-state index is 12.6. The van der Waals surface area contributed by atoms with E-state index in [9.17, 15) is 4.79 Å². The highest BCUT2D eigenvalue weighted by molar-refractivity contribution is 6.04. The number of nitrogens with zero attached hydrogens (tertiary/aromatic N) is 1. The van der Waals surface area contributed by atoms with Gasteiger partial charge in [-0.15, -0.1) is 0 Å². The van der Waals surface area contributed by atoms with Crippen molar-refractivity contribution in [2.45, 2.75) is 13.8 Å². The number of aromatic nitrogens is 1. The van der Waals surface area contributed by atoms with Crippen molar-refractivity contribution in [1.82, 2.24) is 4.98 Å². The van der Waals surface area contributed by atoms with E-state index in [1.807, 2.05) is 50.2 Å². The summed E-state index contributed by atoms with van der Waals surface area (Å²) in [5.74, 6) is 0.980. The van der Waals surface area contributed by atoms with Gasteiger partial charge in [0.05, 0.1) is 24.4 Å². The minimum Gasteiger partial charge on any atom is -0.494 e. The zero-order valence-corrected chi connectivity index (χ0v) is 14.3. The topological polar surface area (TPSA) is 60.5 Å².